The van der Waals surface area contributed by atoms with Crippen molar-refractivity contribution in [3.05, 3.63) is 33.8 Å². The minimum Gasteiger partial charge on any atom is -0.350 e. The van der Waals surface area contributed by atoms with Crippen LogP contribution in [0.5, 0.6) is 0 Å². The lowest BCUT2D eigenvalue weighted by Gasteiger charge is -2.11. The molecule has 1 N–H and O–H groups in total. The van der Waals surface area contributed by atoms with E-state index in [1.807, 2.05) is 13.8 Å². The number of carbonyl (C=O) groups excluding carboxylic acids is 1. The summed E-state index contributed by atoms with van der Waals surface area (Å²) in [6.07, 6.45) is 0.896. The maximum absolute atomic E-state index is 11.7. The Kier molecular flexibility index (Phi) is 4.43. The van der Waals surface area contributed by atoms with E-state index in [9.17, 15) is 4.79 Å². The molecule has 1 aromatic carbocycles. The second kappa shape index (κ2) is 5.38. The van der Waals surface area contributed by atoms with Gasteiger partial charge in [0.05, 0.1) is 10.0 Å². The molecule has 0 heterocycles. The Morgan fingerprint density at radius 1 is 1.40 bits per heavy atom. The monoisotopic (exact) mass is 245 g/mol. The van der Waals surface area contributed by atoms with E-state index in [0.717, 1.165) is 6.42 Å². The molecule has 1 amide bonds. The topological polar surface area (TPSA) is 29.1 Å². The fourth-order valence-electron chi connectivity index (χ4n) is 1.05. The molecule has 0 saturated carbocycles. The first-order valence-corrected chi connectivity index (χ1v) is 5.56. The summed E-state index contributed by atoms with van der Waals surface area (Å²) in [5, 5.41) is 3.70. The van der Waals surface area contributed by atoms with E-state index in [1.54, 1.807) is 18.2 Å². The van der Waals surface area contributed by atoms with Gasteiger partial charge in [-0.3, -0.25) is 4.79 Å². The van der Waals surface area contributed by atoms with E-state index in [1.165, 1.54) is 0 Å². The molecule has 2 nitrogen and oxygen atoms in total. The van der Waals surface area contributed by atoms with Crippen molar-refractivity contribution in [1.29, 1.82) is 0 Å². The lowest BCUT2D eigenvalue weighted by molar-refractivity contribution is 0.0939. The van der Waals surface area contributed by atoms with Gasteiger partial charge in [-0.25, -0.2) is 0 Å². The summed E-state index contributed by atoms with van der Waals surface area (Å²) in [5.41, 5.74) is 0.532. The highest BCUT2D eigenvalue weighted by molar-refractivity contribution is 6.42. The van der Waals surface area contributed by atoms with Crippen molar-refractivity contribution < 1.29 is 4.79 Å². The molecule has 1 aromatic rings. The minimum absolute atomic E-state index is 0.122. The smallest absolute Gasteiger partial charge is 0.251 e. The van der Waals surface area contributed by atoms with Crippen molar-refractivity contribution in [2.24, 2.45) is 0 Å². The number of halogens is 2. The third kappa shape index (κ3) is 3.40. The van der Waals surface area contributed by atoms with Crippen molar-refractivity contribution in [2.75, 3.05) is 0 Å². The van der Waals surface area contributed by atoms with Crippen LogP contribution in [0.3, 0.4) is 0 Å². The van der Waals surface area contributed by atoms with Gasteiger partial charge < -0.3 is 5.32 Å². The predicted octanol–water partition coefficient (Wildman–Crippen LogP) is 3.52. The van der Waals surface area contributed by atoms with E-state index in [-0.39, 0.29) is 11.9 Å². The first-order valence-electron chi connectivity index (χ1n) is 4.80. The van der Waals surface area contributed by atoms with Crippen molar-refractivity contribution in [3.63, 3.8) is 0 Å². The molecule has 0 bridgehead atoms. The number of hydrogen-bond acceptors (Lipinski definition) is 1. The van der Waals surface area contributed by atoms with Gasteiger partial charge in [0.2, 0.25) is 0 Å². The van der Waals surface area contributed by atoms with Crippen LogP contribution in [0, 0.1) is 0 Å². The molecule has 82 valence electrons. The van der Waals surface area contributed by atoms with Crippen molar-refractivity contribution in [1.82, 2.24) is 5.32 Å². The van der Waals surface area contributed by atoms with E-state index in [0.29, 0.717) is 15.6 Å². The highest BCUT2D eigenvalue weighted by Gasteiger charge is 2.09. The number of carbonyl (C=O) groups is 1. The zero-order valence-corrected chi connectivity index (χ0v) is 10.2. The average molecular weight is 246 g/mol. The Morgan fingerprint density at radius 3 is 2.60 bits per heavy atom. The van der Waals surface area contributed by atoms with Crippen LogP contribution in [0.15, 0.2) is 18.2 Å². The predicted molar refractivity (Wildman–Crippen MR) is 63.7 cm³/mol. The molecule has 0 aliphatic carbocycles. The van der Waals surface area contributed by atoms with Crippen LogP contribution in [-0.4, -0.2) is 11.9 Å². The maximum atomic E-state index is 11.7. The zero-order valence-electron chi connectivity index (χ0n) is 8.68. The molecule has 0 saturated heterocycles. The summed E-state index contributed by atoms with van der Waals surface area (Å²) in [4.78, 5) is 11.7. The SMILES string of the molecule is CC[C@H](C)NC(=O)c1ccc(Cl)c(Cl)c1. The third-order valence-corrected chi connectivity index (χ3v) is 2.91. The molecule has 0 spiro atoms. The maximum Gasteiger partial charge on any atom is 0.251 e. The second-order valence-electron chi connectivity index (χ2n) is 3.41. The summed E-state index contributed by atoms with van der Waals surface area (Å²) >= 11 is 11.6. The Balaban J connectivity index is 2.78. The Hall–Kier alpha value is -0.730. The van der Waals surface area contributed by atoms with Crippen LogP contribution in [0.4, 0.5) is 0 Å². The van der Waals surface area contributed by atoms with E-state index < -0.39 is 0 Å². The molecule has 0 aliphatic rings. The van der Waals surface area contributed by atoms with Crippen LogP contribution in [0.2, 0.25) is 10.0 Å². The molecular weight excluding hydrogens is 233 g/mol. The molecule has 1 rings (SSSR count). The number of amides is 1. The van der Waals surface area contributed by atoms with Gasteiger partial charge in [-0.1, -0.05) is 30.1 Å². The van der Waals surface area contributed by atoms with Crippen LogP contribution < -0.4 is 5.32 Å². The van der Waals surface area contributed by atoms with Crippen molar-refractivity contribution >= 4 is 29.1 Å². The molecule has 1 atom stereocenters. The van der Waals surface area contributed by atoms with Crippen LogP contribution in [0.1, 0.15) is 30.6 Å². The average Bonchev–Trinajstić information content (AvgIpc) is 2.21. The molecule has 4 heteroatoms. The van der Waals surface area contributed by atoms with Gasteiger partial charge in [-0.2, -0.15) is 0 Å². The largest absolute Gasteiger partial charge is 0.350 e. The van der Waals surface area contributed by atoms with Crippen molar-refractivity contribution in [2.45, 2.75) is 26.3 Å². The molecule has 0 fully saturated rings. The van der Waals surface area contributed by atoms with Gasteiger partial charge in [0.1, 0.15) is 0 Å². The molecule has 0 aliphatic heterocycles. The summed E-state index contributed by atoms with van der Waals surface area (Å²) in [6, 6.07) is 5.01. The summed E-state index contributed by atoms with van der Waals surface area (Å²) in [6.45, 7) is 3.97. The number of benzene rings is 1. The molecule has 0 aromatic heterocycles. The third-order valence-electron chi connectivity index (χ3n) is 2.17. The zero-order chi connectivity index (χ0) is 11.4. The van der Waals surface area contributed by atoms with Crippen LogP contribution in [0.25, 0.3) is 0 Å². The Bertz CT molecular complexity index is 366. The Morgan fingerprint density at radius 2 is 2.07 bits per heavy atom. The molecule has 15 heavy (non-hydrogen) atoms. The van der Waals surface area contributed by atoms with Crippen LogP contribution >= 0.6 is 23.2 Å². The number of rotatable bonds is 3. The summed E-state index contributed by atoms with van der Waals surface area (Å²) < 4.78 is 0. The van der Waals surface area contributed by atoms with E-state index in [2.05, 4.69) is 5.32 Å². The minimum atomic E-state index is -0.122. The molecule has 0 unspecified atom stereocenters. The van der Waals surface area contributed by atoms with E-state index >= 15 is 0 Å². The second-order valence-corrected chi connectivity index (χ2v) is 4.23. The lowest BCUT2D eigenvalue weighted by atomic mass is 10.2. The van der Waals surface area contributed by atoms with Crippen molar-refractivity contribution in [3.8, 4) is 0 Å². The van der Waals surface area contributed by atoms with E-state index in [4.69, 9.17) is 23.2 Å². The highest BCUT2D eigenvalue weighted by Crippen LogP contribution is 2.22. The van der Waals surface area contributed by atoms with Gasteiger partial charge in [0, 0.05) is 11.6 Å². The lowest BCUT2D eigenvalue weighted by Crippen LogP contribution is -2.31. The van der Waals surface area contributed by atoms with Crippen LogP contribution in [-0.2, 0) is 0 Å². The van der Waals surface area contributed by atoms with Gasteiger partial charge in [-0.15, -0.1) is 0 Å². The van der Waals surface area contributed by atoms with Gasteiger partial charge in [0.25, 0.3) is 5.91 Å². The normalized spacial score (nSPS) is 12.3. The first kappa shape index (κ1) is 12.3. The Labute approximate surface area is 99.6 Å². The molecular formula is C11H13Cl2NO. The summed E-state index contributed by atoms with van der Waals surface area (Å²) in [7, 11) is 0. The number of hydrogen-bond donors (Lipinski definition) is 1. The summed E-state index contributed by atoms with van der Waals surface area (Å²) in [5.74, 6) is -0.122. The highest BCUT2D eigenvalue weighted by atomic mass is 35.5. The fourth-order valence-corrected chi connectivity index (χ4v) is 1.34. The van der Waals surface area contributed by atoms with Gasteiger partial charge in [-0.05, 0) is 31.5 Å². The quantitative estimate of drug-likeness (QED) is 0.868. The fraction of sp³-hybridized carbons (Fsp3) is 0.364. The standard InChI is InChI=1S/C11H13Cl2NO/c1-3-7(2)14-11(15)8-4-5-9(12)10(13)6-8/h4-7H,3H2,1-2H3,(H,14,15)/t7-/m0/s1. The number of nitrogens with one attached hydrogen (secondary N) is 1. The molecule has 0 radical (unpaired) electrons. The first-order chi connectivity index (χ1) is 7.04. The van der Waals surface area contributed by atoms with Gasteiger partial charge >= 0.3 is 0 Å². The van der Waals surface area contributed by atoms with Gasteiger partial charge in [0.15, 0.2) is 0 Å².